The van der Waals surface area contributed by atoms with Crippen molar-refractivity contribution >= 4 is 70.2 Å². The Balaban J connectivity index is 0.00000337. The third-order valence-corrected chi connectivity index (χ3v) is 14.3. The molecule has 0 aliphatic carbocycles. The number of halogens is 3. The Morgan fingerprint density at radius 2 is 0.833 bits per heavy atom. The summed E-state index contributed by atoms with van der Waals surface area (Å²) in [7, 11) is 0. The zero-order valence-electron chi connectivity index (χ0n) is 48.1. The number of aromatic amines is 2. The van der Waals surface area contributed by atoms with E-state index in [1.165, 1.54) is 27.7 Å². The van der Waals surface area contributed by atoms with Crippen molar-refractivity contribution in [2.75, 3.05) is 6.61 Å². The second-order valence-electron chi connectivity index (χ2n) is 21.1. The lowest BCUT2D eigenvalue weighted by molar-refractivity contribution is -0.716. The first-order valence-corrected chi connectivity index (χ1v) is 27.2. The van der Waals surface area contributed by atoms with Crippen LogP contribution in [0.5, 0.6) is 5.75 Å². The van der Waals surface area contributed by atoms with Crippen LogP contribution >= 0.6 is 0 Å². The molecular weight excluding hydrogens is 1410 g/mol. The zero-order valence-corrected chi connectivity index (χ0v) is 54.6. The third kappa shape index (κ3) is 14.1. The van der Waals surface area contributed by atoms with Gasteiger partial charge < -0.3 is 110 Å². The molecule has 7 aromatic rings. The Morgan fingerprint density at radius 1 is 0.476 bits per heavy atom. The average molecular weight is 1470 g/mol. The van der Waals surface area contributed by atoms with Crippen molar-refractivity contribution in [1.29, 1.82) is 0 Å². The molecule has 3 aliphatic heterocycles. The van der Waals surface area contributed by atoms with Crippen LogP contribution in [0.3, 0.4) is 0 Å². The van der Waals surface area contributed by atoms with Crippen LogP contribution in [-0.4, -0.2) is 81.1 Å². The van der Waals surface area contributed by atoms with Gasteiger partial charge in [-0.15, -0.1) is 0 Å². The van der Waals surface area contributed by atoms with Crippen LogP contribution in [-0.2, 0) is 42.9 Å². The van der Waals surface area contributed by atoms with Gasteiger partial charge in [0.1, 0.15) is 18.5 Å². The summed E-state index contributed by atoms with van der Waals surface area (Å²) in [6.45, 7) is 17.2. The van der Waals surface area contributed by atoms with Gasteiger partial charge in [-0.05, 0) is 113 Å². The largest absolute Gasteiger partial charge is 1.00 e. The van der Waals surface area contributed by atoms with Crippen LogP contribution in [0.25, 0.3) is 90.9 Å². The molecule has 0 amide bonds. The van der Waals surface area contributed by atoms with E-state index in [2.05, 4.69) is 163 Å². The van der Waals surface area contributed by atoms with Crippen LogP contribution in [0.15, 0.2) is 122 Å². The molecule has 9 heterocycles. The molecule has 0 radical (unpaired) electrons. The number of carbonyl (C=O) groups excluding carboxylic acids is 4. The van der Waals surface area contributed by atoms with Crippen molar-refractivity contribution in [3.63, 3.8) is 0 Å². The summed E-state index contributed by atoms with van der Waals surface area (Å²) in [5.74, 6) is -2.66. The van der Waals surface area contributed by atoms with Crippen molar-refractivity contribution < 1.29 is 133 Å². The number of nitrogens with one attached hydrogen (secondary N) is 2. The van der Waals surface area contributed by atoms with Crippen molar-refractivity contribution in [3.05, 3.63) is 145 Å². The van der Waals surface area contributed by atoms with Crippen molar-refractivity contribution in [3.8, 4) is 50.3 Å². The predicted molar refractivity (Wildman–Crippen MR) is 305 cm³/mol. The van der Waals surface area contributed by atoms with Crippen molar-refractivity contribution in [2.24, 2.45) is 0 Å². The lowest BCUT2D eigenvalue weighted by Crippen LogP contribution is -3.00. The van der Waals surface area contributed by atoms with Gasteiger partial charge in [0.05, 0.1) is 22.8 Å². The molecule has 0 spiro atoms. The highest BCUT2D eigenvalue weighted by Crippen LogP contribution is 2.42. The number of carbonyl (C=O) groups is 4. The summed E-state index contributed by atoms with van der Waals surface area (Å²) < 4.78 is 42.5. The van der Waals surface area contributed by atoms with E-state index in [1.807, 2.05) is 36.4 Å². The fraction of sp³-hybridized carbons (Fsp3) is 0.297. The smallest absolute Gasteiger partial charge is 0.303 e. The Morgan fingerprint density at radius 3 is 1.21 bits per heavy atom. The molecule has 2 N–H and O–H groups in total. The Hall–Kier alpha value is -6.90. The van der Waals surface area contributed by atoms with Crippen LogP contribution in [0, 0.1) is 0 Å². The normalized spacial score (nSPS) is 16.9. The number of hydrogen-bond acceptors (Lipinski definition) is 12. The van der Waals surface area contributed by atoms with Gasteiger partial charge in [-0.1, -0.05) is 18.2 Å². The molecule has 3 aliphatic rings. The molecule has 10 rings (SSSR count). The number of hydrogen-bond donors (Lipinski definition) is 2. The maximum Gasteiger partial charge on any atom is 0.303 e. The Labute approximate surface area is 538 Å². The second kappa shape index (κ2) is 27.9. The van der Waals surface area contributed by atoms with E-state index in [0.29, 0.717) is 28.0 Å². The van der Waals surface area contributed by atoms with E-state index in [9.17, 15) is 19.2 Å². The summed E-state index contributed by atoms with van der Waals surface area (Å²) in [6.07, 6.45) is 13.5. The Kier molecular flexibility index (Phi) is 21.5. The maximum absolute atomic E-state index is 12.9. The van der Waals surface area contributed by atoms with Gasteiger partial charge in [0, 0.05) is 114 Å². The van der Waals surface area contributed by atoms with E-state index in [-0.39, 0.29) is 95.8 Å². The highest BCUT2D eigenvalue weighted by atomic mass is 127. The number of benzene rings is 1. The lowest BCUT2D eigenvalue weighted by Gasteiger charge is -2.44. The Bertz CT molecular complexity index is 3750. The molecule has 1 fully saturated rings. The number of aromatic nitrogens is 7. The first kappa shape index (κ1) is 64.7. The van der Waals surface area contributed by atoms with Gasteiger partial charge in [-0.2, -0.15) is 0 Å². The van der Waals surface area contributed by atoms with Crippen molar-refractivity contribution in [2.45, 2.75) is 118 Å². The first-order valence-electron chi connectivity index (χ1n) is 27.2. The SMILES string of the molecule is CC(=O)OC[C@H]1O[C@@H](Oc2ccccc2-c2c3nc(c(-c4cc[n+](C(C)C)cc4)c4ccc([nH]4)c(-c4cc[n+](C(C)C)cc4)c4nc(c(-c5cc[n+](C(C)C)cc5)c5ccc2[nH]5)C=C4)C=C3)[C@H](OC(C)=O)[C@@H](OC(C)=O)[C@@H]1OC(C)=O.[I-].[I-].[I-]. The van der Waals surface area contributed by atoms with Gasteiger partial charge in [-0.25, -0.2) is 23.7 Å². The molecule has 438 valence electrons. The highest BCUT2D eigenvalue weighted by molar-refractivity contribution is 6.00. The minimum atomic E-state index is -1.52. The lowest BCUT2D eigenvalue weighted by atomic mass is 9.97. The van der Waals surface area contributed by atoms with E-state index >= 15 is 0 Å². The first-order chi connectivity index (χ1) is 38.9. The topological polar surface area (TPSA) is 193 Å². The molecule has 8 bridgehead atoms. The summed E-state index contributed by atoms with van der Waals surface area (Å²) in [5.41, 5.74) is 12.5. The minimum Gasteiger partial charge on any atom is -1.00 e. The molecular formula is C64H66I3N7O10. The number of pyridine rings is 3. The fourth-order valence-electron chi connectivity index (χ4n) is 10.4. The number of ether oxygens (including phenoxy) is 6. The van der Waals surface area contributed by atoms with Gasteiger partial charge in [0.2, 0.25) is 12.4 Å². The molecule has 84 heavy (non-hydrogen) atoms. The van der Waals surface area contributed by atoms with E-state index < -0.39 is 61.2 Å². The maximum atomic E-state index is 12.9. The number of H-pyrrole nitrogens is 2. The van der Waals surface area contributed by atoms with E-state index in [4.69, 9.17) is 38.4 Å². The average Bonchev–Trinajstić information content (AvgIpc) is 3.83. The van der Waals surface area contributed by atoms with Crippen LogP contribution in [0.2, 0.25) is 0 Å². The van der Waals surface area contributed by atoms with Gasteiger partial charge in [-0.3, -0.25) is 19.2 Å². The molecule has 1 saturated heterocycles. The zero-order chi connectivity index (χ0) is 57.2. The van der Waals surface area contributed by atoms with Crippen molar-refractivity contribution in [1.82, 2.24) is 19.9 Å². The molecule has 6 aromatic heterocycles. The highest BCUT2D eigenvalue weighted by Gasteiger charge is 2.53. The molecule has 5 atom stereocenters. The second-order valence-corrected chi connectivity index (χ2v) is 21.1. The predicted octanol–water partition coefficient (Wildman–Crippen LogP) is 1.40. The van der Waals surface area contributed by atoms with Crippen LogP contribution in [0.4, 0.5) is 0 Å². The van der Waals surface area contributed by atoms with Crippen LogP contribution in [0.1, 0.15) is 110 Å². The summed E-state index contributed by atoms with van der Waals surface area (Å²) in [5, 5.41) is 0. The molecule has 17 nitrogen and oxygen atoms in total. The number of esters is 4. The molecule has 1 aromatic carbocycles. The van der Waals surface area contributed by atoms with Crippen LogP contribution < -0.4 is 90.4 Å². The van der Waals surface area contributed by atoms with E-state index in [1.54, 1.807) is 12.1 Å². The summed E-state index contributed by atoms with van der Waals surface area (Å²) >= 11 is 0. The summed E-state index contributed by atoms with van der Waals surface area (Å²) in [4.78, 5) is 69.2. The third-order valence-electron chi connectivity index (χ3n) is 14.3. The van der Waals surface area contributed by atoms with E-state index in [0.717, 1.165) is 61.3 Å². The standard InChI is InChI=1S/C64H65N7O10.3HI/c1-36(2)69-29-23-43(24-30-69)57-47-15-17-49(65-47)58(44-25-31-70(32-26-44)37(3)4)51-19-21-53(67-51)60(54-22-20-52(68-54)59(50-18-16-48(57)66-50)45-27-33-71(34-28-45)38(5)6)46-13-11-12-14-55(46)80-64-63(79-42(10)75)62(78-41(9)74)61(77-40(8)73)56(81-64)35-76-39(7)72;;;/h11-34,36-38,56,61-64H,35H2,1-10H3,(H,65,66,67,68);3*1H/q+2;;;/p-2/t56-,61-,62+,63-,64-;;;/m1.../s1. The molecule has 0 unspecified atom stereocenters. The van der Waals surface area contributed by atoms with Gasteiger partial charge >= 0.3 is 23.9 Å². The van der Waals surface area contributed by atoms with Gasteiger partial charge in [0.25, 0.3) is 0 Å². The monoisotopic (exact) mass is 1470 g/mol. The molecule has 20 heteroatoms. The number of para-hydroxylation sites is 1. The quantitative estimate of drug-likeness (QED) is 0.0690. The van der Waals surface area contributed by atoms with Gasteiger partial charge in [0.15, 0.2) is 67.5 Å². The fourth-order valence-corrected chi connectivity index (χ4v) is 10.4. The number of rotatable bonds is 14. The minimum absolute atomic E-state index is 0. The number of fused-ring (bicyclic) bond motifs is 8. The molecule has 0 saturated carbocycles. The summed E-state index contributed by atoms with van der Waals surface area (Å²) in [6, 6.07) is 28.9. The number of nitrogens with zero attached hydrogens (tertiary/aromatic N) is 5.